The fraction of sp³-hybridized carbons (Fsp3) is 0.978. The van der Waals surface area contributed by atoms with E-state index in [-0.39, 0.29) is 12.6 Å². The summed E-state index contributed by atoms with van der Waals surface area (Å²) < 4.78 is 71.3. The molecular weight excluding hydrogens is 764 g/mol. The van der Waals surface area contributed by atoms with E-state index in [0.717, 1.165) is 32.3 Å². The summed E-state index contributed by atoms with van der Waals surface area (Å²) in [6.45, 7) is 17.3. The van der Waals surface area contributed by atoms with Gasteiger partial charge in [-0.3, -0.25) is 4.79 Å². The number of rotatable bonds is 54. The van der Waals surface area contributed by atoms with Gasteiger partial charge in [0.25, 0.3) is 0 Å². The highest BCUT2D eigenvalue weighted by Crippen LogP contribution is 2.12. The molecule has 0 aromatic carbocycles. The van der Waals surface area contributed by atoms with Crippen molar-refractivity contribution < 1.29 is 66.4 Å². The van der Waals surface area contributed by atoms with Crippen molar-refractivity contribution in [3.63, 3.8) is 0 Å². The highest BCUT2D eigenvalue weighted by molar-refractivity contribution is 5.69. The van der Waals surface area contributed by atoms with Crippen molar-refractivity contribution in [1.82, 2.24) is 0 Å². The van der Waals surface area contributed by atoms with E-state index in [1.54, 1.807) is 0 Å². The number of carbonyl (C=O) groups is 1. The van der Waals surface area contributed by atoms with Gasteiger partial charge in [0.05, 0.1) is 152 Å². The minimum Gasteiger partial charge on any atom is -0.463 e. The summed E-state index contributed by atoms with van der Waals surface area (Å²) in [5.74, 6) is -0.158. The molecule has 354 valence electrons. The first kappa shape index (κ1) is 58.0. The Morgan fingerprint density at radius 2 is 0.441 bits per heavy atom. The molecule has 59 heavy (non-hydrogen) atoms. The van der Waals surface area contributed by atoms with Crippen LogP contribution < -0.4 is 0 Å². The second kappa shape index (κ2) is 55.0. The van der Waals surface area contributed by atoms with E-state index >= 15 is 0 Å². The highest BCUT2D eigenvalue weighted by Gasteiger charge is 2.02. The van der Waals surface area contributed by atoms with Crippen LogP contribution in [0, 0.1) is 0 Å². The van der Waals surface area contributed by atoms with Crippen LogP contribution in [0.2, 0.25) is 0 Å². The van der Waals surface area contributed by atoms with Gasteiger partial charge in [-0.2, -0.15) is 0 Å². The lowest BCUT2D eigenvalue weighted by Gasteiger charge is -2.09. The average Bonchev–Trinajstić information content (AvgIpc) is 3.24. The third-order valence-electron chi connectivity index (χ3n) is 8.96. The Balaban J connectivity index is 3.08. The monoisotopic (exact) mass is 855 g/mol. The minimum absolute atomic E-state index is 0.158. The van der Waals surface area contributed by atoms with Crippen LogP contribution in [0.15, 0.2) is 0 Å². The Bertz CT molecular complexity index is 766. The summed E-state index contributed by atoms with van der Waals surface area (Å²) in [7, 11) is 0. The van der Waals surface area contributed by atoms with E-state index in [1.807, 2.05) is 0 Å². The lowest BCUT2D eigenvalue weighted by Crippen LogP contribution is -2.15. The fourth-order valence-electron chi connectivity index (χ4n) is 5.55. The summed E-state index contributed by atoms with van der Waals surface area (Å²) in [4.78, 5) is 11.5. The number of unbranched alkanes of at least 4 members (excludes halogenated alkanes) is 14. The van der Waals surface area contributed by atoms with Crippen LogP contribution >= 0.6 is 0 Å². The van der Waals surface area contributed by atoms with Gasteiger partial charge in [0, 0.05) is 13.0 Å². The molecule has 0 rings (SSSR count). The molecule has 0 aliphatic rings. The highest BCUT2D eigenvalue weighted by atomic mass is 16.6. The lowest BCUT2D eigenvalue weighted by atomic mass is 10.0. The van der Waals surface area contributed by atoms with E-state index in [2.05, 4.69) is 13.8 Å². The van der Waals surface area contributed by atoms with E-state index in [9.17, 15) is 4.79 Å². The van der Waals surface area contributed by atoms with Gasteiger partial charge < -0.3 is 61.6 Å². The summed E-state index contributed by atoms with van der Waals surface area (Å²) in [5.41, 5.74) is 0. The maximum atomic E-state index is 11.5. The summed E-state index contributed by atoms with van der Waals surface area (Å²) in [5, 5.41) is 0. The molecule has 0 fully saturated rings. The molecule has 0 bridgehead atoms. The van der Waals surface area contributed by atoms with Crippen LogP contribution in [-0.2, 0) is 66.4 Å². The van der Waals surface area contributed by atoms with Gasteiger partial charge in [0.2, 0.25) is 0 Å². The van der Waals surface area contributed by atoms with E-state index < -0.39 is 0 Å². The normalized spacial score (nSPS) is 11.6. The Morgan fingerprint density at radius 3 is 0.712 bits per heavy atom. The molecule has 0 spiro atoms. The van der Waals surface area contributed by atoms with Gasteiger partial charge in [-0.05, 0) is 12.8 Å². The zero-order chi connectivity index (χ0) is 42.5. The number of carbonyl (C=O) groups excluding carboxylic acids is 1. The Kier molecular flexibility index (Phi) is 54.1. The summed E-state index contributed by atoms with van der Waals surface area (Å²) in [6.07, 6.45) is 21.2. The maximum Gasteiger partial charge on any atom is 0.305 e. The molecule has 0 saturated carbocycles. The Morgan fingerprint density at radius 1 is 0.237 bits per heavy atom. The van der Waals surface area contributed by atoms with Crippen LogP contribution in [0.1, 0.15) is 123 Å². The van der Waals surface area contributed by atoms with Crippen molar-refractivity contribution in [2.24, 2.45) is 0 Å². The predicted octanol–water partition coefficient (Wildman–Crippen LogP) is 7.40. The largest absolute Gasteiger partial charge is 0.463 e. The molecule has 0 radical (unpaired) electrons. The first-order valence-corrected chi connectivity index (χ1v) is 23.4. The maximum absolute atomic E-state index is 11.5. The minimum atomic E-state index is -0.158. The van der Waals surface area contributed by atoms with Gasteiger partial charge in [-0.25, -0.2) is 0 Å². The van der Waals surface area contributed by atoms with Crippen molar-refractivity contribution in [2.45, 2.75) is 123 Å². The van der Waals surface area contributed by atoms with E-state index in [1.165, 1.54) is 77.0 Å². The summed E-state index contributed by atoms with van der Waals surface area (Å²) in [6, 6.07) is 0. The zero-order valence-electron chi connectivity index (χ0n) is 37.9. The standard InChI is InChI=1S/C45H90O14/c1-3-5-7-8-9-10-11-12-13-14-15-16-18-20-47-21-22-48-23-24-49-25-26-50-27-28-51-29-30-52-31-32-53-33-34-54-35-36-55-37-38-56-39-40-57-41-42-58-43-44-59-45(46)19-17-6-4-2/h3-44H2,1-2H3. The van der Waals surface area contributed by atoms with Gasteiger partial charge in [0.1, 0.15) is 6.61 Å². The quantitative estimate of drug-likeness (QED) is 0.0444. The number of esters is 1. The van der Waals surface area contributed by atoms with E-state index in [4.69, 9.17) is 61.6 Å². The van der Waals surface area contributed by atoms with Gasteiger partial charge in [-0.1, -0.05) is 104 Å². The van der Waals surface area contributed by atoms with Gasteiger partial charge in [0.15, 0.2) is 0 Å². The zero-order valence-corrected chi connectivity index (χ0v) is 37.9. The Labute approximate surface area is 359 Å². The lowest BCUT2D eigenvalue weighted by molar-refractivity contribution is -0.145. The summed E-state index contributed by atoms with van der Waals surface area (Å²) >= 11 is 0. The molecule has 14 heteroatoms. The van der Waals surface area contributed by atoms with Gasteiger partial charge >= 0.3 is 5.97 Å². The second-order valence-corrected chi connectivity index (χ2v) is 14.3. The molecule has 0 aromatic rings. The number of ether oxygens (including phenoxy) is 13. The third kappa shape index (κ3) is 55.0. The molecule has 0 aromatic heterocycles. The number of hydrogen-bond acceptors (Lipinski definition) is 14. The molecule has 0 atom stereocenters. The Hall–Kier alpha value is -1.01. The molecule has 14 nitrogen and oxygen atoms in total. The predicted molar refractivity (Wildman–Crippen MR) is 231 cm³/mol. The second-order valence-electron chi connectivity index (χ2n) is 14.3. The van der Waals surface area contributed by atoms with Crippen LogP contribution in [0.3, 0.4) is 0 Å². The molecule has 0 aliphatic carbocycles. The van der Waals surface area contributed by atoms with Crippen LogP contribution in [0.25, 0.3) is 0 Å². The van der Waals surface area contributed by atoms with Crippen molar-refractivity contribution in [1.29, 1.82) is 0 Å². The number of hydrogen-bond donors (Lipinski definition) is 0. The smallest absolute Gasteiger partial charge is 0.305 e. The third-order valence-corrected chi connectivity index (χ3v) is 8.96. The van der Waals surface area contributed by atoms with Crippen molar-refractivity contribution in [3.8, 4) is 0 Å². The molecule has 0 amide bonds. The average molecular weight is 855 g/mol. The van der Waals surface area contributed by atoms with Crippen LogP contribution in [-0.4, -0.2) is 171 Å². The van der Waals surface area contributed by atoms with Gasteiger partial charge in [-0.15, -0.1) is 0 Å². The molecule has 0 unspecified atom stereocenters. The molecule has 0 aliphatic heterocycles. The van der Waals surface area contributed by atoms with Crippen LogP contribution in [0.4, 0.5) is 0 Å². The van der Waals surface area contributed by atoms with Crippen molar-refractivity contribution in [3.05, 3.63) is 0 Å². The fourth-order valence-corrected chi connectivity index (χ4v) is 5.55. The van der Waals surface area contributed by atoms with Crippen molar-refractivity contribution >= 4 is 5.97 Å². The SMILES string of the molecule is CCCCCCCCCCCCCCCOCCOCCOCCOCCOCCOCCOCCOCCOCCOCCOCCOCCOC(=O)CCCCC. The van der Waals surface area contributed by atoms with Crippen molar-refractivity contribution in [2.75, 3.05) is 165 Å². The first-order chi connectivity index (χ1) is 29.3. The molecule has 0 heterocycles. The molecule has 0 N–H and O–H groups in total. The van der Waals surface area contributed by atoms with E-state index in [0.29, 0.717) is 158 Å². The van der Waals surface area contributed by atoms with Crippen LogP contribution in [0.5, 0.6) is 0 Å². The first-order valence-electron chi connectivity index (χ1n) is 23.4. The molecule has 0 saturated heterocycles. The topological polar surface area (TPSA) is 137 Å². The molecular formula is C45H90O14.